The van der Waals surface area contributed by atoms with Crippen molar-refractivity contribution in [2.24, 2.45) is 11.3 Å². The number of carbonyl (C=O) groups excluding carboxylic acids is 1. The Hall–Kier alpha value is -0.670. The molecule has 1 saturated carbocycles. The van der Waals surface area contributed by atoms with Gasteiger partial charge >= 0.3 is 0 Å². The van der Waals surface area contributed by atoms with Crippen LogP contribution in [-0.4, -0.2) is 24.8 Å². The number of rotatable bonds is 0. The second-order valence-electron chi connectivity index (χ2n) is 5.11. The van der Waals surface area contributed by atoms with Gasteiger partial charge in [-0.15, -0.1) is 0 Å². The van der Waals surface area contributed by atoms with Gasteiger partial charge in [-0.3, -0.25) is 4.79 Å². The van der Waals surface area contributed by atoms with E-state index < -0.39 is 5.79 Å². The highest BCUT2D eigenvalue weighted by atomic mass is 16.7. The molecule has 0 aromatic carbocycles. The number of fused-ring (bicyclic) bond motifs is 1. The SMILES string of the molecule is C[C@@]12C=CC(=O)[C@@H]1CC1(CC2)OCCO1. The molecule has 3 aliphatic rings. The van der Waals surface area contributed by atoms with Crippen molar-refractivity contribution in [2.75, 3.05) is 13.2 Å². The molecule has 2 aliphatic carbocycles. The largest absolute Gasteiger partial charge is 0.348 e. The van der Waals surface area contributed by atoms with Crippen molar-refractivity contribution in [1.82, 2.24) is 0 Å². The van der Waals surface area contributed by atoms with Crippen LogP contribution in [0, 0.1) is 11.3 Å². The van der Waals surface area contributed by atoms with Crippen molar-refractivity contribution < 1.29 is 14.3 Å². The van der Waals surface area contributed by atoms with E-state index in [4.69, 9.17) is 9.47 Å². The third-order valence-electron chi connectivity index (χ3n) is 4.14. The maximum atomic E-state index is 11.8. The predicted molar refractivity (Wildman–Crippen MR) is 54.2 cm³/mol. The van der Waals surface area contributed by atoms with Gasteiger partial charge in [0.1, 0.15) is 0 Å². The molecule has 1 aliphatic heterocycles. The lowest BCUT2D eigenvalue weighted by Gasteiger charge is -2.42. The van der Waals surface area contributed by atoms with Crippen LogP contribution in [0.2, 0.25) is 0 Å². The van der Waals surface area contributed by atoms with E-state index >= 15 is 0 Å². The van der Waals surface area contributed by atoms with E-state index in [0.717, 1.165) is 19.3 Å². The Morgan fingerprint density at radius 2 is 2.07 bits per heavy atom. The Morgan fingerprint density at radius 1 is 1.33 bits per heavy atom. The summed E-state index contributed by atoms with van der Waals surface area (Å²) < 4.78 is 11.4. The van der Waals surface area contributed by atoms with Gasteiger partial charge in [0.15, 0.2) is 11.6 Å². The first kappa shape index (κ1) is 9.55. The minimum Gasteiger partial charge on any atom is -0.348 e. The quantitative estimate of drug-likeness (QED) is 0.607. The Labute approximate surface area is 89.4 Å². The van der Waals surface area contributed by atoms with E-state index in [-0.39, 0.29) is 17.1 Å². The third kappa shape index (κ3) is 1.30. The van der Waals surface area contributed by atoms with Gasteiger partial charge in [0, 0.05) is 18.8 Å². The highest BCUT2D eigenvalue weighted by Crippen LogP contribution is 2.51. The monoisotopic (exact) mass is 208 g/mol. The molecule has 0 aromatic rings. The lowest BCUT2D eigenvalue weighted by atomic mass is 9.67. The average Bonchev–Trinajstić information content (AvgIpc) is 2.78. The van der Waals surface area contributed by atoms with E-state index in [9.17, 15) is 4.79 Å². The molecule has 1 spiro atoms. The molecule has 3 rings (SSSR count). The molecular weight excluding hydrogens is 192 g/mol. The smallest absolute Gasteiger partial charge is 0.169 e. The predicted octanol–water partition coefficient (Wildman–Crippen LogP) is 1.67. The molecule has 15 heavy (non-hydrogen) atoms. The minimum absolute atomic E-state index is 0.0532. The standard InChI is InChI=1S/C12H16O3/c1-11-3-2-10(13)9(11)8-12(5-4-11)14-6-7-15-12/h2-3,9H,4-8H2,1H3/t9-,11-/m0/s1. The van der Waals surface area contributed by atoms with Crippen molar-refractivity contribution >= 4 is 5.78 Å². The first-order chi connectivity index (χ1) is 7.14. The van der Waals surface area contributed by atoms with Crippen LogP contribution >= 0.6 is 0 Å². The highest BCUT2D eigenvalue weighted by Gasteiger charge is 2.52. The number of ketones is 1. The van der Waals surface area contributed by atoms with Crippen molar-refractivity contribution in [2.45, 2.75) is 32.0 Å². The Morgan fingerprint density at radius 3 is 2.80 bits per heavy atom. The van der Waals surface area contributed by atoms with E-state index in [0.29, 0.717) is 13.2 Å². The summed E-state index contributed by atoms with van der Waals surface area (Å²) in [5.74, 6) is -0.119. The van der Waals surface area contributed by atoms with E-state index in [2.05, 4.69) is 13.0 Å². The molecule has 0 aromatic heterocycles. The summed E-state index contributed by atoms with van der Waals surface area (Å²) in [5.41, 5.74) is 0.0532. The molecule has 0 N–H and O–H groups in total. The van der Waals surface area contributed by atoms with Gasteiger partial charge < -0.3 is 9.47 Å². The van der Waals surface area contributed by atoms with Gasteiger partial charge in [-0.05, 0) is 17.9 Å². The molecule has 0 amide bonds. The maximum absolute atomic E-state index is 11.8. The second kappa shape index (κ2) is 2.92. The fourth-order valence-electron chi connectivity index (χ4n) is 3.05. The maximum Gasteiger partial charge on any atom is 0.169 e. The fourth-order valence-corrected chi connectivity index (χ4v) is 3.05. The number of ether oxygens (including phenoxy) is 2. The second-order valence-corrected chi connectivity index (χ2v) is 5.11. The van der Waals surface area contributed by atoms with Crippen LogP contribution in [0.1, 0.15) is 26.2 Å². The summed E-state index contributed by atoms with van der Waals surface area (Å²) in [4.78, 5) is 11.8. The molecule has 1 saturated heterocycles. The van der Waals surface area contributed by atoms with Crippen LogP contribution in [0.3, 0.4) is 0 Å². The van der Waals surface area contributed by atoms with Gasteiger partial charge in [-0.2, -0.15) is 0 Å². The molecule has 0 radical (unpaired) electrons. The van der Waals surface area contributed by atoms with Crippen LogP contribution in [0.4, 0.5) is 0 Å². The van der Waals surface area contributed by atoms with Crippen LogP contribution in [-0.2, 0) is 14.3 Å². The number of carbonyl (C=O) groups is 1. The van der Waals surface area contributed by atoms with Crippen molar-refractivity contribution in [3.8, 4) is 0 Å². The molecule has 3 nitrogen and oxygen atoms in total. The Kier molecular flexibility index (Phi) is 1.86. The minimum atomic E-state index is -0.439. The molecule has 2 fully saturated rings. The lowest BCUT2D eigenvalue weighted by molar-refractivity contribution is -0.199. The molecule has 82 valence electrons. The Bertz CT molecular complexity index is 328. The van der Waals surface area contributed by atoms with Crippen LogP contribution in [0.5, 0.6) is 0 Å². The molecule has 3 heteroatoms. The van der Waals surface area contributed by atoms with E-state index in [1.165, 1.54) is 0 Å². The molecule has 2 atom stereocenters. The molecule has 0 unspecified atom stereocenters. The summed E-state index contributed by atoms with van der Waals surface area (Å²) in [6.07, 6.45) is 6.44. The molecule has 1 heterocycles. The van der Waals surface area contributed by atoms with Gasteiger partial charge in [0.05, 0.1) is 13.2 Å². The number of allylic oxidation sites excluding steroid dienone is 2. The average molecular weight is 208 g/mol. The fraction of sp³-hybridized carbons (Fsp3) is 0.750. The first-order valence-electron chi connectivity index (χ1n) is 5.65. The molecule has 0 bridgehead atoms. The summed E-state index contributed by atoms with van der Waals surface area (Å²) in [5, 5.41) is 0. The third-order valence-corrected chi connectivity index (χ3v) is 4.14. The zero-order valence-electron chi connectivity index (χ0n) is 8.99. The van der Waals surface area contributed by atoms with Crippen molar-refractivity contribution in [3.05, 3.63) is 12.2 Å². The van der Waals surface area contributed by atoms with Crippen molar-refractivity contribution in [3.63, 3.8) is 0 Å². The number of hydrogen-bond donors (Lipinski definition) is 0. The van der Waals surface area contributed by atoms with Gasteiger partial charge in [-0.25, -0.2) is 0 Å². The van der Waals surface area contributed by atoms with Crippen LogP contribution in [0.25, 0.3) is 0 Å². The van der Waals surface area contributed by atoms with Gasteiger partial charge in [-0.1, -0.05) is 13.0 Å². The van der Waals surface area contributed by atoms with Crippen LogP contribution < -0.4 is 0 Å². The summed E-state index contributed by atoms with van der Waals surface area (Å²) in [7, 11) is 0. The normalized spacial score (nSPS) is 42.5. The Balaban J connectivity index is 1.86. The van der Waals surface area contributed by atoms with E-state index in [1.54, 1.807) is 6.08 Å². The first-order valence-corrected chi connectivity index (χ1v) is 5.65. The van der Waals surface area contributed by atoms with Crippen molar-refractivity contribution in [1.29, 1.82) is 0 Å². The summed E-state index contributed by atoms with van der Waals surface area (Å²) >= 11 is 0. The van der Waals surface area contributed by atoms with Crippen LogP contribution in [0.15, 0.2) is 12.2 Å². The highest BCUT2D eigenvalue weighted by molar-refractivity contribution is 5.95. The number of hydrogen-bond acceptors (Lipinski definition) is 3. The zero-order valence-corrected chi connectivity index (χ0v) is 8.99. The molecular formula is C12H16O3. The van der Waals surface area contributed by atoms with Gasteiger partial charge in [0.25, 0.3) is 0 Å². The van der Waals surface area contributed by atoms with Gasteiger partial charge in [0.2, 0.25) is 0 Å². The summed E-state index contributed by atoms with van der Waals surface area (Å²) in [6.45, 7) is 3.51. The lowest BCUT2D eigenvalue weighted by Crippen LogP contribution is -2.44. The summed E-state index contributed by atoms with van der Waals surface area (Å²) in [6, 6.07) is 0. The zero-order chi connectivity index (χ0) is 10.5. The topological polar surface area (TPSA) is 35.5 Å². The van der Waals surface area contributed by atoms with E-state index in [1.807, 2.05) is 0 Å².